The number of ether oxygens (including phenoxy) is 1. The summed E-state index contributed by atoms with van der Waals surface area (Å²) in [6.45, 7) is 1.87. The summed E-state index contributed by atoms with van der Waals surface area (Å²) >= 11 is 3.41. The van der Waals surface area contributed by atoms with Crippen LogP contribution in [0.15, 0.2) is 28.7 Å². The zero-order chi connectivity index (χ0) is 13.8. The summed E-state index contributed by atoms with van der Waals surface area (Å²) in [6, 6.07) is 7.52. The van der Waals surface area contributed by atoms with Crippen LogP contribution in [-0.2, 0) is 0 Å². The highest BCUT2D eigenvalue weighted by atomic mass is 79.9. The molecular weight excluding hydrogens is 310 g/mol. The average molecular weight is 324 g/mol. The van der Waals surface area contributed by atoms with Crippen molar-refractivity contribution in [2.75, 3.05) is 17.9 Å². The Morgan fingerprint density at radius 2 is 2.05 bits per heavy atom. The summed E-state index contributed by atoms with van der Waals surface area (Å²) in [5, 5.41) is 3.17. The first kappa shape index (κ1) is 13.6. The fraction of sp³-hybridized carbons (Fsp3) is 0.167. The van der Waals surface area contributed by atoms with Crippen molar-refractivity contribution < 1.29 is 4.74 Å². The first-order chi connectivity index (χ1) is 9.12. The van der Waals surface area contributed by atoms with E-state index in [4.69, 9.17) is 10.6 Å². The molecule has 2 aromatic rings. The Labute approximate surface area is 119 Å². The molecule has 1 heterocycles. The van der Waals surface area contributed by atoms with Gasteiger partial charge in [-0.15, -0.1) is 0 Å². The Bertz CT molecular complexity index is 590. The lowest BCUT2D eigenvalue weighted by atomic mass is 10.3. The van der Waals surface area contributed by atoms with Gasteiger partial charge in [0.2, 0.25) is 5.95 Å². The number of nitrogens with one attached hydrogen (secondary N) is 2. The summed E-state index contributed by atoms with van der Waals surface area (Å²) in [4.78, 5) is 8.34. The number of nitrogens with zero attached hydrogens (tertiary/aromatic N) is 2. The number of hydrogen-bond acceptors (Lipinski definition) is 6. The third-order valence-electron chi connectivity index (χ3n) is 2.41. The number of halogens is 1. The molecule has 6 nitrogen and oxygen atoms in total. The Hall–Kier alpha value is -1.86. The van der Waals surface area contributed by atoms with Gasteiger partial charge >= 0.3 is 0 Å². The number of nitrogens with two attached hydrogens (primary N) is 1. The summed E-state index contributed by atoms with van der Waals surface area (Å²) in [5.41, 5.74) is 4.11. The molecule has 0 atom stereocenters. The van der Waals surface area contributed by atoms with Crippen molar-refractivity contribution in [3.05, 3.63) is 34.4 Å². The van der Waals surface area contributed by atoms with E-state index < -0.39 is 0 Å². The highest BCUT2D eigenvalue weighted by Gasteiger charge is 2.04. The molecule has 0 saturated heterocycles. The van der Waals surface area contributed by atoms with Crippen LogP contribution in [0.25, 0.3) is 0 Å². The van der Waals surface area contributed by atoms with Gasteiger partial charge in [0.1, 0.15) is 11.6 Å². The zero-order valence-corrected chi connectivity index (χ0v) is 12.2. The molecule has 7 heteroatoms. The largest absolute Gasteiger partial charge is 0.495 e. The van der Waals surface area contributed by atoms with Crippen LogP contribution in [0.4, 0.5) is 17.5 Å². The van der Waals surface area contributed by atoms with E-state index in [0.29, 0.717) is 11.8 Å². The highest BCUT2D eigenvalue weighted by Crippen LogP contribution is 2.29. The molecule has 0 saturated carbocycles. The predicted molar refractivity (Wildman–Crippen MR) is 78.6 cm³/mol. The molecule has 2 rings (SSSR count). The summed E-state index contributed by atoms with van der Waals surface area (Å²) in [7, 11) is 1.62. The Morgan fingerprint density at radius 1 is 1.26 bits per heavy atom. The smallest absolute Gasteiger partial charge is 0.239 e. The van der Waals surface area contributed by atoms with Gasteiger partial charge in [-0.2, -0.15) is 4.98 Å². The van der Waals surface area contributed by atoms with Crippen LogP contribution in [0.3, 0.4) is 0 Å². The van der Waals surface area contributed by atoms with Crippen molar-refractivity contribution in [3.63, 3.8) is 0 Å². The minimum Gasteiger partial charge on any atom is -0.495 e. The topological polar surface area (TPSA) is 85.1 Å². The maximum atomic E-state index is 5.32. The van der Waals surface area contributed by atoms with E-state index in [-0.39, 0.29) is 0 Å². The number of nitrogen functional groups attached to an aromatic ring is 1. The van der Waals surface area contributed by atoms with E-state index in [1.54, 1.807) is 7.11 Å². The number of methoxy groups -OCH3 is 1. The van der Waals surface area contributed by atoms with Crippen molar-refractivity contribution in [2.24, 2.45) is 5.84 Å². The molecule has 0 spiro atoms. The van der Waals surface area contributed by atoms with Crippen molar-refractivity contribution in [1.29, 1.82) is 0 Å². The van der Waals surface area contributed by atoms with E-state index in [2.05, 4.69) is 36.6 Å². The SMILES string of the molecule is COc1cc(Nc2cc(C)nc(NN)n2)ccc1Br. The lowest BCUT2D eigenvalue weighted by Crippen LogP contribution is -2.11. The van der Waals surface area contributed by atoms with Gasteiger partial charge in [-0.25, -0.2) is 10.8 Å². The zero-order valence-electron chi connectivity index (χ0n) is 10.6. The maximum absolute atomic E-state index is 5.32. The molecule has 0 aliphatic carbocycles. The number of hydrogen-bond donors (Lipinski definition) is 3. The normalized spacial score (nSPS) is 10.1. The van der Waals surface area contributed by atoms with E-state index in [1.807, 2.05) is 31.2 Å². The van der Waals surface area contributed by atoms with Crippen molar-refractivity contribution in [1.82, 2.24) is 9.97 Å². The lowest BCUT2D eigenvalue weighted by molar-refractivity contribution is 0.412. The van der Waals surface area contributed by atoms with Crippen LogP contribution in [0.5, 0.6) is 5.75 Å². The van der Waals surface area contributed by atoms with Gasteiger partial charge < -0.3 is 10.1 Å². The van der Waals surface area contributed by atoms with Crippen LogP contribution >= 0.6 is 15.9 Å². The number of aromatic nitrogens is 2. The fourth-order valence-corrected chi connectivity index (χ4v) is 1.99. The highest BCUT2D eigenvalue weighted by molar-refractivity contribution is 9.10. The molecular formula is C12H14BrN5O. The number of hydrazine groups is 1. The first-order valence-electron chi connectivity index (χ1n) is 5.55. The molecule has 4 N–H and O–H groups in total. The summed E-state index contributed by atoms with van der Waals surface area (Å²) in [5.74, 6) is 7.09. The molecule has 0 aliphatic heterocycles. The van der Waals surface area contributed by atoms with E-state index >= 15 is 0 Å². The number of rotatable bonds is 4. The molecule has 1 aromatic heterocycles. The van der Waals surface area contributed by atoms with Gasteiger partial charge in [0.05, 0.1) is 11.6 Å². The Kier molecular flexibility index (Phi) is 4.18. The second kappa shape index (κ2) is 5.85. The number of benzene rings is 1. The third kappa shape index (κ3) is 3.33. The Morgan fingerprint density at radius 3 is 2.74 bits per heavy atom. The summed E-state index contributed by atoms with van der Waals surface area (Å²) < 4.78 is 6.13. The molecule has 0 unspecified atom stereocenters. The number of anilines is 3. The standard InChI is InChI=1S/C12H14BrN5O/c1-7-5-11(17-12(15-7)18-14)16-8-3-4-9(13)10(6-8)19-2/h3-6H,14H2,1-2H3,(H2,15,16,17,18). The molecule has 0 amide bonds. The molecule has 19 heavy (non-hydrogen) atoms. The maximum Gasteiger partial charge on any atom is 0.239 e. The summed E-state index contributed by atoms with van der Waals surface area (Å²) in [6.07, 6.45) is 0. The van der Waals surface area contributed by atoms with Crippen LogP contribution in [0, 0.1) is 6.92 Å². The second-order valence-electron chi connectivity index (χ2n) is 3.84. The van der Waals surface area contributed by atoms with Gasteiger partial charge in [0, 0.05) is 23.5 Å². The molecule has 0 bridgehead atoms. The molecule has 0 aliphatic rings. The fourth-order valence-electron chi connectivity index (χ4n) is 1.58. The monoisotopic (exact) mass is 323 g/mol. The quantitative estimate of drug-likeness (QED) is 0.592. The number of aryl methyl sites for hydroxylation is 1. The van der Waals surface area contributed by atoms with Crippen LogP contribution < -0.4 is 21.3 Å². The minimum atomic E-state index is 0.367. The van der Waals surface area contributed by atoms with Gasteiger partial charge in [-0.3, -0.25) is 5.43 Å². The minimum absolute atomic E-state index is 0.367. The lowest BCUT2D eigenvalue weighted by Gasteiger charge is -2.10. The van der Waals surface area contributed by atoms with Crippen molar-refractivity contribution in [3.8, 4) is 5.75 Å². The van der Waals surface area contributed by atoms with Crippen molar-refractivity contribution >= 4 is 33.4 Å². The van der Waals surface area contributed by atoms with Crippen LogP contribution in [-0.4, -0.2) is 17.1 Å². The van der Waals surface area contributed by atoms with Gasteiger partial charge in [-0.1, -0.05) is 0 Å². The van der Waals surface area contributed by atoms with E-state index in [0.717, 1.165) is 21.6 Å². The van der Waals surface area contributed by atoms with Crippen LogP contribution in [0.1, 0.15) is 5.69 Å². The van der Waals surface area contributed by atoms with Gasteiger partial charge in [0.25, 0.3) is 0 Å². The second-order valence-corrected chi connectivity index (χ2v) is 4.69. The molecule has 1 aromatic carbocycles. The first-order valence-corrected chi connectivity index (χ1v) is 6.34. The van der Waals surface area contributed by atoms with E-state index in [9.17, 15) is 0 Å². The molecule has 0 radical (unpaired) electrons. The van der Waals surface area contributed by atoms with E-state index in [1.165, 1.54) is 0 Å². The van der Waals surface area contributed by atoms with Crippen LogP contribution in [0.2, 0.25) is 0 Å². The van der Waals surface area contributed by atoms with Gasteiger partial charge in [-0.05, 0) is 35.0 Å². The third-order valence-corrected chi connectivity index (χ3v) is 3.06. The predicted octanol–water partition coefficient (Wildman–Crippen LogP) is 2.59. The molecule has 0 fully saturated rings. The Balaban J connectivity index is 2.28. The van der Waals surface area contributed by atoms with Gasteiger partial charge in [0.15, 0.2) is 0 Å². The average Bonchev–Trinajstić information content (AvgIpc) is 2.40. The van der Waals surface area contributed by atoms with Crippen molar-refractivity contribution in [2.45, 2.75) is 6.92 Å². The molecule has 100 valence electrons.